The predicted octanol–water partition coefficient (Wildman–Crippen LogP) is 5.78. The second-order valence-corrected chi connectivity index (χ2v) is 13.4. The maximum Gasteiger partial charge on any atom is 0.323 e. The van der Waals surface area contributed by atoms with Crippen LogP contribution < -0.4 is 24.2 Å². The number of carboxylic acid groups (broad SMARTS) is 1. The molecule has 3 aromatic carbocycles. The second kappa shape index (κ2) is 12.5. The molecule has 0 aliphatic carbocycles. The van der Waals surface area contributed by atoms with Crippen molar-refractivity contribution in [3.05, 3.63) is 102 Å². The fourth-order valence-electron chi connectivity index (χ4n) is 5.47. The van der Waals surface area contributed by atoms with Gasteiger partial charge in [0.05, 0.1) is 28.4 Å². The van der Waals surface area contributed by atoms with Crippen LogP contribution in [0.3, 0.4) is 0 Å². The largest absolute Gasteiger partial charge is 0.496 e. The highest BCUT2D eigenvalue weighted by atomic mass is 32.2. The topological polar surface area (TPSA) is 75.7 Å². The lowest BCUT2D eigenvalue weighted by Gasteiger charge is -2.18. The van der Waals surface area contributed by atoms with Crippen LogP contribution in [-0.4, -0.2) is 29.3 Å². The number of rotatable bonds is 8. The van der Waals surface area contributed by atoms with Crippen LogP contribution in [0.4, 0.5) is 5.69 Å². The molecule has 0 saturated heterocycles. The number of hydrogen-bond acceptors (Lipinski definition) is 7. The zero-order chi connectivity index (χ0) is 31.0. The van der Waals surface area contributed by atoms with Gasteiger partial charge in [-0.2, -0.15) is 4.57 Å². The van der Waals surface area contributed by atoms with Crippen LogP contribution in [0.1, 0.15) is 25.8 Å². The number of aromatic nitrogens is 2. The second-order valence-electron chi connectivity index (χ2n) is 10.2. The van der Waals surface area contributed by atoms with Crippen molar-refractivity contribution in [2.45, 2.75) is 38.8 Å². The van der Waals surface area contributed by atoms with Crippen molar-refractivity contribution in [3.8, 4) is 0 Å². The molecule has 1 aliphatic heterocycles. The molecular formula is C34H32N3O4S3+. The van der Waals surface area contributed by atoms with E-state index in [4.69, 9.17) is 4.74 Å². The SMILES string of the molecule is CCN1/C(=C\C(C)=c2\s/c(=C\C(=C\c3sc4ccccc4[n+]3CC)OC)n(CC(=O)O)c2=O)Sc2c1ccc1ccccc21. The van der Waals surface area contributed by atoms with E-state index in [1.54, 1.807) is 36.3 Å². The Kier molecular flexibility index (Phi) is 8.48. The van der Waals surface area contributed by atoms with Gasteiger partial charge in [0.25, 0.3) is 10.6 Å². The fourth-order valence-corrected chi connectivity index (χ4v) is 9.06. The van der Waals surface area contributed by atoms with Gasteiger partial charge >= 0.3 is 5.97 Å². The maximum absolute atomic E-state index is 13.7. The van der Waals surface area contributed by atoms with Crippen molar-refractivity contribution in [3.63, 3.8) is 0 Å². The van der Waals surface area contributed by atoms with E-state index in [0.29, 0.717) is 15.0 Å². The van der Waals surface area contributed by atoms with Crippen LogP contribution in [0.5, 0.6) is 0 Å². The third-order valence-electron chi connectivity index (χ3n) is 7.56. The molecule has 1 N–H and O–H groups in total. The molecule has 0 spiro atoms. The van der Waals surface area contributed by atoms with Gasteiger partial charge in [-0.3, -0.25) is 14.2 Å². The first-order chi connectivity index (χ1) is 21.3. The molecule has 0 fully saturated rings. The molecule has 0 amide bonds. The first-order valence-electron chi connectivity index (χ1n) is 14.3. The van der Waals surface area contributed by atoms with Gasteiger partial charge in [0, 0.05) is 23.6 Å². The number of methoxy groups -OCH3 is 1. The minimum Gasteiger partial charge on any atom is -0.496 e. The summed E-state index contributed by atoms with van der Waals surface area (Å²) in [5, 5.41) is 14.1. The van der Waals surface area contributed by atoms with Gasteiger partial charge in [0.1, 0.15) is 28.2 Å². The number of carboxylic acids is 1. The van der Waals surface area contributed by atoms with Gasteiger partial charge in [-0.05, 0) is 55.3 Å². The summed E-state index contributed by atoms with van der Waals surface area (Å²) in [5.41, 5.74) is 2.75. The first-order valence-corrected chi connectivity index (χ1v) is 16.8. The van der Waals surface area contributed by atoms with Gasteiger partial charge in [0.2, 0.25) is 5.52 Å². The van der Waals surface area contributed by atoms with Crippen LogP contribution in [0.25, 0.3) is 38.7 Å². The molecule has 7 nitrogen and oxygen atoms in total. The quantitative estimate of drug-likeness (QED) is 0.171. The molecule has 6 rings (SSSR count). The average molecular weight is 643 g/mol. The number of nitrogens with zero attached hydrogens (tertiary/aromatic N) is 3. The summed E-state index contributed by atoms with van der Waals surface area (Å²) in [6.45, 7) is 7.26. The number of anilines is 1. The highest BCUT2D eigenvalue weighted by Gasteiger charge is 2.26. The zero-order valence-corrected chi connectivity index (χ0v) is 27.3. The Morgan fingerprint density at radius 1 is 1.02 bits per heavy atom. The van der Waals surface area contributed by atoms with E-state index >= 15 is 0 Å². The van der Waals surface area contributed by atoms with Gasteiger partial charge < -0.3 is 14.7 Å². The van der Waals surface area contributed by atoms with E-state index in [1.165, 1.54) is 31.6 Å². The number of fused-ring (bicyclic) bond motifs is 4. The van der Waals surface area contributed by atoms with Crippen LogP contribution in [0.15, 0.2) is 87.2 Å². The third-order valence-corrected chi connectivity index (χ3v) is 11.1. The zero-order valence-electron chi connectivity index (χ0n) is 24.9. The number of ether oxygens (including phenoxy) is 1. The number of allylic oxidation sites excluding steroid dienone is 2. The number of benzene rings is 3. The number of aliphatic carboxylic acids is 1. The molecule has 0 bridgehead atoms. The summed E-state index contributed by atoms with van der Waals surface area (Å²) in [4.78, 5) is 29.0. The Bertz CT molecular complexity index is 2170. The molecule has 0 radical (unpaired) electrons. The Labute approximate surface area is 267 Å². The van der Waals surface area contributed by atoms with Crippen molar-refractivity contribution in [2.75, 3.05) is 18.6 Å². The maximum atomic E-state index is 13.7. The number of hydrogen-bond donors (Lipinski definition) is 1. The van der Waals surface area contributed by atoms with Crippen molar-refractivity contribution in [2.24, 2.45) is 0 Å². The van der Waals surface area contributed by atoms with E-state index in [9.17, 15) is 14.7 Å². The Morgan fingerprint density at radius 2 is 1.80 bits per heavy atom. The standard InChI is InChI=1S/C34H31N3O4S3/c1-5-35-25-13-9-10-14-27(25)42-29(35)18-23(41-4)19-30-37(20-31(38)39)34(40)32(43-30)21(3)17-28-36(6-2)26-16-15-22-11-7-8-12-24(22)33(26)44-28/h7-19H,5-6,20H2,1-4H3/p+1/b28-17+,32-21+. The van der Waals surface area contributed by atoms with E-state index in [2.05, 4.69) is 65.8 Å². The lowest BCUT2D eigenvalue weighted by atomic mass is 10.1. The number of thiazole rings is 2. The summed E-state index contributed by atoms with van der Waals surface area (Å²) < 4.78 is 11.5. The molecule has 3 heterocycles. The van der Waals surface area contributed by atoms with E-state index in [1.807, 2.05) is 37.3 Å². The van der Waals surface area contributed by atoms with Crippen LogP contribution >= 0.6 is 34.4 Å². The minimum absolute atomic E-state index is 0.326. The van der Waals surface area contributed by atoms with Crippen LogP contribution in [0, 0.1) is 0 Å². The van der Waals surface area contributed by atoms with Gasteiger partial charge in [-0.25, -0.2) is 0 Å². The van der Waals surface area contributed by atoms with Crippen molar-refractivity contribution in [1.82, 2.24) is 4.57 Å². The summed E-state index contributed by atoms with van der Waals surface area (Å²) in [6, 6.07) is 20.9. The highest BCUT2D eigenvalue weighted by Crippen LogP contribution is 2.49. The molecule has 1 aliphatic rings. The Hall–Kier alpha value is -4.12. The first kappa shape index (κ1) is 29.9. The van der Waals surface area contributed by atoms with Crippen molar-refractivity contribution < 1.29 is 19.2 Å². The lowest BCUT2D eigenvalue weighted by Crippen LogP contribution is -2.34. The molecule has 0 unspecified atom stereocenters. The third kappa shape index (κ3) is 5.49. The fraction of sp³-hybridized carbons (Fsp3) is 0.206. The average Bonchev–Trinajstić information content (AvgIpc) is 3.66. The molecular weight excluding hydrogens is 611 g/mol. The molecule has 44 heavy (non-hydrogen) atoms. The van der Waals surface area contributed by atoms with E-state index in [0.717, 1.165) is 44.6 Å². The smallest absolute Gasteiger partial charge is 0.323 e. The molecule has 5 aromatic rings. The molecule has 2 aromatic heterocycles. The van der Waals surface area contributed by atoms with Gasteiger partial charge in [0.15, 0.2) is 0 Å². The molecule has 224 valence electrons. The van der Waals surface area contributed by atoms with Crippen molar-refractivity contribution >= 4 is 84.8 Å². The molecule has 10 heteroatoms. The van der Waals surface area contributed by atoms with Gasteiger partial charge in [-0.1, -0.05) is 65.6 Å². The minimum atomic E-state index is -1.08. The normalized spacial score (nSPS) is 15.5. The number of thioether (sulfide) groups is 1. The predicted molar refractivity (Wildman–Crippen MR) is 183 cm³/mol. The summed E-state index contributed by atoms with van der Waals surface area (Å²) >= 11 is 4.64. The van der Waals surface area contributed by atoms with Crippen LogP contribution in [0.2, 0.25) is 0 Å². The summed E-state index contributed by atoms with van der Waals surface area (Å²) in [5.74, 6) is -0.545. The Morgan fingerprint density at radius 3 is 2.55 bits per heavy atom. The van der Waals surface area contributed by atoms with Crippen molar-refractivity contribution in [1.29, 1.82) is 0 Å². The highest BCUT2D eigenvalue weighted by molar-refractivity contribution is 8.04. The van der Waals surface area contributed by atoms with Crippen LogP contribution in [-0.2, 0) is 22.6 Å². The summed E-state index contributed by atoms with van der Waals surface area (Å²) in [6.07, 6.45) is 5.74. The monoisotopic (exact) mass is 642 g/mol. The number of para-hydroxylation sites is 1. The Balaban J connectivity index is 1.47. The molecule has 0 atom stereocenters. The number of carbonyl (C=O) groups is 1. The lowest BCUT2D eigenvalue weighted by molar-refractivity contribution is -0.665. The van der Waals surface area contributed by atoms with E-state index < -0.39 is 12.5 Å². The summed E-state index contributed by atoms with van der Waals surface area (Å²) in [7, 11) is 1.58. The van der Waals surface area contributed by atoms with Gasteiger partial charge in [-0.15, -0.1) is 11.3 Å². The van der Waals surface area contributed by atoms with E-state index in [-0.39, 0.29) is 5.56 Å². The number of aryl methyl sites for hydroxylation is 1. The molecule has 0 saturated carbocycles.